The summed E-state index contributed by atoms with van der Waals surface area (Å²) in [7, 11) is 0. The second-order valence-electron chi connectivity index (χ2n) is 9.15. The molecule has 1 N–H and O–H groups in total. The van der Waals surface area contributed by atoms with Gasteiger partial charge in [0.25, 0.3) is 0 Å². The Hall–Kier alpha value is -5.18. The normalized spacial score (nSPS) is 15.5. The molecule has 0 unspecified atom stereocenters. The highest BCUT2D eigenvalue weighted by Gasteiger charge is 2.42. The van der Waals surface area contributed by atoms with Gasteiger partial charge in [-0.1, -0.05) is 30.3 Å². The fourth-order valence-electron chi connectivity index (χ4n) is 5.13. The number of pyridine rings is 1. The summed E-state index contributed by atoms with van der Waals surface area (Å²) in [5, 5.41) is 8.40. The van der Waals surface area contributed by atoms with Crippen molar-refractivity contribution in [3.63, 3.8) is 0 Å². The zero-order valence-electron chi connectivity index (χ0n) is 21.4. The predicted octanol–water partition coefficient (Wildman–Crippen LogP) is 6.36. The first-order valence-electron chi connectivity index (χ1n) is 12.8. The molecular weight excluding hydrogens is 490 g/mol. The molecular formula is C30H25N7O2. The van der Waals surface area contributed by atoms with Gasteiger partial charge in [0.2, 0.25) is 0 Å². The van der Waals surface area contributed by atoms with Crippen LogP contribution in [0.3, 0.4) is 0 Å². The van der Waals surface area contributed by atoms with Gasteiger partial charge in [0.1, 0.15) is 17.6 Å². The number of fused-ring (bicyclic) bond motifs is 4. The molecule has 0 saturated heterocycles. The average molecular weight is 516 g/mol. The van der Waals surface area contributed by atoms with E-state index in [-0.39, 0.29) is 6.04 Å². The third-order valence-electron chi connectivity index (χ3n) is 6.76. The van der Waals surface area contributed by atoms with Crippen molar-refractivity contribution < 1.29 is 9.15 Å². The Morgan fingerprint density at radius 3 is 2.62 bits per heavy atom. The first-order chi connectivity index (χ1) is 19.2. The monoisotopic (exact) mass is 515 g/mol. The number of rotatable bonds is 5. The first-order valence-corrected chi connectivity index (χ1v) is 12.8. The standard InChI is InChI=1S/C30H25N7O2/c1-3-38-23-14-7-5-12-21(23)33-28-30-34-29-26(19(2)35-37(29)25-16-8-9-17-31-25)27(24-15-10-18-39-24)36(30)22-13-6-4-11-20(22)32-28/h4-18,27H,3H2,1-2H3,(H,32,33)/t27-/m1/s1. The Morgan fingerprint density at radius 1 is 0.949 bits per heavy atom. The number of para-hydroxylation sites is 4. The van der Waals surface area contributed by atoms with E-state index in [9.17, 15) is 0 Å². The molecule has 5 aromatic rings. The minimum Gasteiger partial charge on any atom is -0.492 e. The van der Waals surface area contributed by atoms with Crippen LogP contribution in [0.2, 0.25) is 0 Å². The molecule has 0 fully saturated rings. The van der Waals surface area contributed by atoms with Crippen molar-refractivity contribution in [2.75, 3.05) is 16.8 Å². The van der Waals surface area contributed by atoms with Gasteiger partial charge in [0.05, 0.1) is 41.2 Å². The molecule has 9 nitrogen and oxygen atoms in total. The number of amidine groups is 2. The van der Waals surface area contributed by atoms with Crippen LogP contribution in [0.4, 0.5) is 22.9 Å². The number of aryl methyl sites for hydroxylation is 1. The van der Waals surface area contributed by atoms with Gasteiger partial charge in [0, 0.05) is 6.20 Å². The molecule has 2 aliphatic rings. The molecule has 0 amide bonds. The Morgan fingerprint density at radius 2 is 1.79 bits per heavy atom. The maximum atomic E-state index is 6.04. The second kappa shape index (κ2) is 9.29. The van der Waals surface area contributed by atoms with E-state index < -0.39 is 0 Å². The molecule has 0 spiro atoms. The predicted molar refractivity (Wildman–Crippen MR) is 151 cm³/mol. The first kappa shape index (κ1) is 23.0. The molecule has 192 valence electrons. The van der Waals surface area contributed by atoms with Crippen LogP contribution in [0.5, 0.6) is 5.75 Å². The Labute approximate surface area is 225 Å². The van der Waals surface area contributed by atoms with Crippen molar-refractivity contribution in [1.82, 2.24) is 14.8 Å². The lowest BCUT2D eigenvalue weighted by atomic mass is 9.98. The average Bonchev–Trinajstić information content (AvgIpc) is 3.62. The van der Waals surface area contributed by atoms with Gasteiger partial charge >= 0.3 is 0 Å². The molecule has 1 atom stereocenters. The van der Waals surface area contributed by atoms with Gasteiger partial charge in [-0.3, -0.25) is 0 Å². The number of aliphatic imine (C=N–C) groups is 2. The fourth-order valence-corrected chi connectivity index (χ4v) is 5.13. The number of hydrogen-bond donors (Lipinski definition) is 1. The summed E-state index contributed by atoms with van der Waals surface area (Å²) in [6, 6.07) is 25.2. The number of benzene rings is 2. The third-order valence-corrected chi connectivity index (χ3v) is 6.76. The van der Waals surface area contributed by atoms with Crippen LogP contribution in [0.15, 0.2) is 106 Å². The quantitative estimate of drug-likeness (QED) is 0.293. The van der Waals surface area contributed by atoms with Gasteiger partial charge in [-0.2, -0.15) is 9.78 Å². The lowest BCUT2D eigenvalue weighted by molar-refractivity contribution is 0.342. The molecule has 7 rings (SSSR count). The van der Waals surface area contributed by atoms with Gasteiger partial charge in [-0.15, -0.1) is 0 Å². The van der Waals surface area contributed by atoms with E-state index in [1.54, 1.807) is 17.1 Å². The van der Waals surface area contributed by atoms with Gasteiger partial charge in [-0.25, -0.2) is 15.0 Å². The highest BCUT2D eigenvalue weighted by atomic mass is 16.5. The van der Waals surface area contributed by atoms with Crippen molar-refractivity contribution in [2.45, 2.75) is 19.9 Å². The number of nitrogens with zero attached hydrogens (tertiary/aromatic N) is 6. The van der Waals surface area contributed by atoms with Crippen LogP contribution in [0, 0.1) is 6.92 Å². The number of anilines is 2. The highest BCUT2D eigenvalue weighted by Crippen LogP contribution is 2.48. The molecule has 39 heavy (non-hydrogen) atoms. The van der Waals surface area contributed by atoms with Crippen LogP contribution in [0.1, 0.15) is 30.0 Å². The summed E-state index contributed by atoms with van der Waals surface area (Å²) in [5.74, 6) is 4.12. The molecule has 2 aromatic carbocycles. The van der Waals surface area contributed by atoms with Crippen LogP contribution >= 0.6 is 0 Å². The molecule has 3 aromatic heterocycles. The molecule has 0 bridgehead atoms. The maximum absolute atomic E-state index is 6.04. The van der Waals surface area contributed by atoms with E-state index in [0.717, 1.165) is 39.8 Å². The summed E-state index contributed by atoms with van der Waals surface area (Å²) in [4.78, 5) is 17.0. The van der Waals surface area contributed by atoms with E-state index in [4.69, 9.17) is 24.2 Å². The number of ether oxygens (including phenoxy) is 1. The summed E-state index contributed by atoms with van der Waals surface area (Å²) in [6.45, 7) is 4.51. The number of hydrogen-bond acceptors (Lipinski definition) is 8. The smallest absolute Gasteiger partial charge is 0.179 e. The zero-order chi connectivity index (χ0) is 26.3. The fraction of sp³-hybridized carbons (Fsp3) is 0.133. The van der Waals surface area contributed by atoms with Crippen LogP contribution < -0.4 is 15.0 Å². The summed E-state index contributed by atoms with van der Waals surface area (Å²) in [6.07, 6.45) is 3.45. The van der Waals surface area contributed by atoms with Crippen molar-refractivity contribution in [2.24, 2.45) is 9.98 Å². The van der Waals surface area contributed by atoms with E-state index in [0.29, 0.717) is 29.9 Å². The van der Waals surface area contributed by atoms with Crippen molar-refractivity contribution in [1.29, 1.82) is 0 Å². The minimum absolute atomic E-state index is 0.324. The van der Waals surface area contributed by atoms with Gasteiger partial charge in [-0.05, 0) is 62.4 Å². The molecule has 9 heteroatoms. The van der Waals surface area contributed by atoms with E-state index in [2.05, 4.69) is 21.3 Å². The number of aromatic nitrogens is 3. The van der Waals surface area contributed by atoms with Gasteiger partial charge in [0.15, 0.2) is 23.3 Å². The van der Waals surface area contributed by atoms with Crippen molar-refractivity contribution >= 4 is 34.6 Å². The summed E-state index contributed by atoms with van der Waals surface area (Å²) >= 11 is 0. The molecule has 5 heterocycles. The largest absolute Gasteiger partial charge is 0.492 e. The topological polar surface area (TPSA) is 93.1 Å². The second-order valence-corrected chi connectivity index (χ2v) is 9.15. The van der Waals surface area contributed by atoms with E-state index in [1.807, 2.05) is 86.6 Å². The van der Waals surface area contributed by atoms with Crippen LogP contribution in [-0.2, 0) is 0 Å². The SMILES string of the molecule is CCOc1ccccc1NC1=Nc2ccccc2N2C1=Nc1c(c(C)nn1-c1ccccn1)[C@H]2c1ccco1. The number of nitrogens with one attached hydrogen (secondary N) is 1. The van der Waals surface area contributed by atoms with E-state index in [1.165, 1.54) is 0 Å². The lowest BCUT2D eigenvalue weighted by Gasteiger charge is -2.39. The van der Waals surface area contributed by atoms with Crippen LogP contribution in [0.25, 0.3) is 5.82 Å². The Kier molecular flexibility index (Phi) is 5.47. The van der Waals surface area contributed by atoms with Gasteiger partial charge < -0.3 is 19.4 Å². The number of furan rings is 1. The summed E-state index contributed by atoms with van der Waals surface area (Å²) in [5.41, 5.74) is 4.34. The Bertz CT molecular complexity index is 1720. The molecule has 0 aliphatic carbocycles. The van der Waals surface area contributed by atoms with Crippen molar-refractivity contribution in [3.8, 4) is 11.6 Å². The third kappa shape index (κ3) is 3.78. The van der Waals surface area contributed by atoms with Crippen molar-refractivity contribution in [3.05, 3.63) is 108 Å². The maximum Gasteiger partial charge on any atom is 0.179 e. The molecule has 0 saturated carbocycles. The zero-order valence-corrected chi connectivity index (χ0v) is 21.4. The Balaban J connectivity index is 1.47. The highest BCUT2D eigenvalue weighted by molar-refractivity contribution is 6.51. The van der Waals surface area contributed by atoms with Crippen LogP contribution in [-0.4, -0.2) is 33.0 Å². The minimum atomic E-state index is -0.324. The molecule has 0 radical (unpaired) electrons. The summed E-state index contributed by atoms with van der Waals surface area (Å²) < 4.78 is 13.7. The van der Waals surface area contributed by atoms with E-state index >= 15 is 0 Å². The molecule has 2 aliphatic heterocycles. The lowest BCUT2D eigenvalue weighted by Crippen LogP contribution is -2.46.